The summed E-state index contributed by atoms with van der Waals surface area (Å²) in [5, 5.41) is 19.0. The zero-order valence-electron chi connectivity index (χ0n) is 11.5. The lowest BCUT2D eigenvalue weighted by atomic mass is 10.1. The molecular formula is C17H12ClN3O. The van der Waals surface area contributed by atoms with Crippen molar-refractivity contribution in [3.8, 4) is 6.07 Å². The number of halogens is 1. The van der Waals surface area contributed by atoms with Gasteiger partial charge in [0.25, 0.3) is 0 Å². The number of allylic oxidation sites excluding steroid dienone is 2. The van der Waals surface area contributed by atoms with E-state index in [9.17, 15) is 10.4 Å². The van der Waals surface area contributed by atoms with Gasteiger partial charge in [-0.1, -0.05) is 42.5 Å². The number of alkyl halides is 1. The third-order valence-electron chi connectivity index (χ3n) is 3.33. The first-order valence-electron chi connectivity index (χ1n) is 6.68. The number of aliphatic hydroxyl groups excluding tert-OH is 1. The van der Waals surface area contributed by atoms with E-state index in [-0.39, 0.29) is 11.3 Å². The Morgan fingerprint density at radius 2 is 1.82 bits per heavy atom. The summed E-state index contributed by atoms with van der Waals surface area (Å²) in [6.45, 7) is 0. The SMILES string of the molecule is N#CC(=C(O)[C@@H](Cl)c1ccccc1)c1nc2ccccc2[nH]1. The van der Waals surface area contributed by atoms with Crippen LogP contribution in [0.4, 0.5) is 0 Å². The third-order valence-corrected chi connectivity index (χ3v) is 3.79. The van der Waals surface area contributed by atoms with Gasteiger partial charge in [0.15, 0.2) is 5.82 Å². The van der Waals surface area contributed by atoms with Gasteiger partial charge in [-0.3, -0.25) is 0 Å². The van der Waals surface area contributed by atoms with E-state index < -0.39 is 5.38 Å². The minimum Gasteiger partial charge on any atom is -0.509 e. The maximum Gasteiger partial charge on any atom is 0.152 e. The van der Waals surface area contributed by atoms with Crippen molar-refractivity contribution in [1.29, 1.82) is 5.26 Å². The molecule has 0 fully saturated rings. The zero-order valence-corrected chi connectivity index (χ0v) is 12.2. The van der Waals surface area contributed by atoms with Gasteiger partial charge >= 0.3 is 0 Å². The van der Waals surface area contributed by atoms with Gasteiger partial charge in [0.2, 0.25) is 0 Å². The number of nitrogens with one attached hydrogen (secondary N) is 1. The minimum atomic E-state index is -0.802. The van der Waals surface area contributed by atoms with Crippen LogP contribution in [0.3, 0.4) is 0 Å². The molecule has 1 atom stereocenters. The first kappa shape index (κ1) is 14.2. The van der Waals surface area contributed by atoms with Gasteiger partial charge < -0.3 is 10.1 Å². The number of hydrogen-bond donors (Lipinski definition) is 2. The molecule has 0 saturated carbocycles. The number of aromatic nitrogens is 2. The molecule has 0 spiro atoms. The molecule has 3 rings (SSSR count). The zero-order chi connectivity index (χ0) is 15.5. The Labute approximate surface area is 132 Å². The lowest BCUT2D eigenvalue weighted by Crippen LogP contribution is -1.99. The first-order chi connectivity index (χ1) is 10.7. The highest BCUT2D eigenvalue weighted by Gasteiger charge is 2.20. The molecule has 0 saturated heterocycles. The molecule has 1 heterocycles. The highest BCUT2D eigenvalue weighted by atomic mass is 35.5. The van der Waals surface area contributed by atoms with Crippen LogP contribution in [0, 0.1) is 11.3 Å². The van der Waals surface area contributed by atoms with Crippen LogP contribution in [-0.4, -0.2) is 15.1 Å². The lowest BCUT2D eigenvalue weighted by molar-refractivity contribution is 0.397. The highest BCUT2D eigenvalue weighted by molar-refractivity contribution is 6.23. The minimum absolute atomic E-state index is 0.0417. The monoisotopic (exact) mass is 309 g/mol. The van der Waals surface area contributed by atoms with Gasteiger partial charge in [-0.05, 0) is 17.7 Å². The Balaban J connectivity index is 2.07. The number of aliphatic hydroxyl groups is 1. The molecule has 2 N–H and O–H groups in total. The standard InChI is InChI=1S/C17H12ClN3O/c18-15(11-6-2-1-3-7-11)16(22)12(10-19)17-20-13-8-4-5-9-14(13)21-17/h1-9,15,22H,(H,20,21)/t15-/m0/s1. The molecule has 1 aromatic heterocycles. The molecule has 108 valence electrons. The van der Waals surface area contributed by atoms with Gasteiger partial charge in [-0.25, -0.2) is 4.98 Å². The molecule has 0 aliphatic carbocycles. The van der Waals surface area contributed by atoms with Crippen LogP contribution in [0.5, 0.6) is 0 Å². The summed E-state index contributed by atoms with van der Waals surface area (Å²) >= 11 is 6.28. The van der Waals surface area contributed by atoms with E-state index in [2.05, 4.69) is 9.97 Å². The third kappa shape index (κ3) is 2.54. The highest BCUT2D eigenvalue weighted by Crippen LogP contribution is 2.31. The maximum atomic E-state index is 10.4. The number of nitrogens with zero attached hydrogens (tertiary/aromatic N) is 2. The predicted molar refractivity (Wildman–Crippen MR) is 86.3 cm³/mol. The molecule has 0 aliphatic rings. The summed E-state index contributed by atoms with van der Waals surface area (Å²) in [7, 11) is 0. The van der Waals surface area contributed by atoms with E-state index in [1.165, 1.54) is 0 Å². The molecule has 22 heavy (non-hydrogen) atoms. The van der Waals surface area contributed by atoms with E-state index in [0.29, 0.717) is 11.4 Å². The summed E-state index contributed by atoms with van der Waals surface area (Å²) in [6, 6.07) is 18.5. The van der Waals surface area contributed by atoms with Gasteiger partial charge in [-0.15, -0.1) is 11.6 Å². The van der Waals surface area contributed by atoms with E-state index in [1.54, 1.807) is 12.1 Å². The second-order valence-electron chi connectivity index (χ2n) is 4.75. The van der Waals surface area contributed by atoms with Crippen molar-refractivity contribution >= 4 is 28.2 Å². The van der Waals surface area contributed by atoms with Crippen LogP contribution in [0.1, 0.15) is 16.8 Å². The summed E-state index contributed by atoms with van der Waals surface area (Å²) < 4.78 is 0. The van der Waals surface area contributed by atoms with E-state index in [4.69, 9.17) is 11.6 Å². The van der Waals surface area contributed by atoms with Crippen molar-refractivity contribution in [1.82, 2.24) is 9.97 Å². The van der Waals surface area contributed by atoms with Crippen molar-refractivity contribution in [3.63, 3.8) is 0 Å². The summed E-state index contributed by atoms with van der Waals surface area (Å²) in [6.07, 6.45) is 0. The van der Waals surface area contributed by atoms with Crippen molar-refractivity contribution in [2.45, 2.75) is 5.38 Å². The van der Waals surface area contributed by atoms with Crippen LogP contribution in [-0.2, 0) is 0 Å². The fraction of sp³-hybridized carbons (Fsp3) is 0.0588. The van der Waals surface area contributed by atoms with E-state index >= 15 is 0 Å². The van der Waals surface area contributed by atoms with Crippen LogP contribution < -0.4 is 0 Å². The number of nitriles is 1. The second-order valence-corrected chi connectivity index (χ2v) is 5.18. The topological polar surface area (TPSA) is 72.7 Å². The molecule has 0 unspecified atom stereocenters. The van der Waals surface area contributed by atoms with Crippen LogP contribution >= 0.6 is 11.6 Å². The maximum absolute atomic E-state index is 10.4. The summed E-state index contributed by atoms with van der Waals surface area (Å²) in [5.41, 5.74) is 2.28. The van der Waals surface area contributed by atoms with Crippen molar-refractivity contribution in [3.05, 3.63) is 71.7 Å². The molecule has 4 nitrogen and oxygen atoms in total. The Morgan fingerprint density at radius 3 is 2.50 bits per heavy atom. The molecule has 0 radical (unpaired) electrons. The van der Waals surface area contributed by atoms with Crippen molar-refractivity contribution < 1.29 is 5.11 Å². The van der Waals surface area contributed by atoms with Gasteiger partial charge in [0.05, 0.1) is 11.0 Å². The average Bonchev–Trinajstić information content (AvgIpc) is 2.99. The quantitative estimate of drug-likeness (QED) is 0.429. The van der Waals surface area contributed by atoms with Crippen LogP contribution in [0.2, 0.25) is 0 Å². The average molecular weight is 310 g/mol. The van der Waals surface area contributed by atoms with Crippen LogP contribution in [0.15, 0.2) is 60.4 Å². The number of aromatic amines is 1. The van der Waals surface area contributed by atoms with Gasteiger partial charge in [0, 0.05) is 0 Å². The smallest absolute Gasteiger partial charge is 0.152 e. The summed E-state index contributed by atoms with van der Waals surface area (Å²) in [5.74, 6) is 0.0946. The van der Waals surface area contributed by atoms with Gasteiger partial charge in [-0.2, -0.15) is 5.26 Å². The Bertz CT molecular complexity index is 845. The number of benzene rings is 2. The number of rotatable bonds is 3. The molecule has 3 aromatic rings. The second kappa shape index (κ2) is 5.92. The van der Waals surface area contributed by atoms with Crippen molar-refractivity contribution in [2.24, 2.45) is 0 Å². The number of hydrogen-bond acceptors (Lipinski definition) is 3. The first-order valence-corrected chi connectivity index (χ1v) is 7.11. The Hall–Kier alpha value is -2.77. The van der Waals surface area contributed by atoms with Crippen molar-refractivity contribution in [2.75, 3.05) is 0 Å². The fourth-order valence-corrected chi connectivity index (χ4v) is 2.46. The predicted octanol–water partition coefficient (Wildman–Crippen LogP) is 4.34. The Morgan fingerprint density at radius 1 is 1.14 bits per heavy atom. The molecule has 0 amide bonds. The fourth-order valence-electron chi connectivity index (χ4n) is 2.21. The molecule has 5 heteroatoms. The number of H-pyrrole nitrogens is 1. The molecule has 2 aromatic carbocycles. The largest absolute Gasteiger partial charge is 0.509 e. The van der Waals surface area contributed by atoms with Crippen LogP contribution in [0.25, 0.3) is 16.6 Å². The number of fused-ring (bicyclic) bond motifs is 1. The normalized spacial score (nSPS) is 13.5. The number of para-hydroxylation sites is 2. The van der Waals surface area contributed by atoms with Gasteiger partial charge in [0.1, 0.15) is 22.8 Å². The molecule has 0 aliphatic heterocycles. The molecule has 0 bridgehead atoms. The van der Waals surface area contributed by atoms with E-state index in [1.807, 2.05) is 48.5 Å². The summed E-state index contributed by atoms with van der Waals surface area (Å²) in [4.78, 5) is 7.35. The Kier molecular flexibility index (Phi) is 3.82. The van der Waals surface area contributed by atoms with E-state index in [0.717, 1.165) is 11.0 Å². The number of imidazole rings is 1. The lowest BCUT2D eigenvalue weighted by Gasteiger charge is -2.10. The molecular weight excluding hydrogens is 298 g/mol.